The summed E-state index contributed by atoms with van der Waals surface area (Å²) in [5, 5.41) is 10.3. The zero-order valence-corrected chi connectivity index (χ0v) is 12.6. The predicted molar refractivity (Wildman–Crippen MR) is 85.9 cm³/mol. The molecule has 6 heteroatoms. The monoisotopic (exact) mass is 311 g/mol. The van der Waals surface area contributed by atoms with Crippen LogP contribution in [0.15, 0.2) is 64.2 Å². The van der Waals surface area contributed by atoms with Crippen molar-refractivity contribution < 1.29 is 9.21 Å². The lowest BCUT2D eigenvalue weighted by atomic mass is 10.1. The van der Waals surface area contributed by atoms with Gasteiger partial charge in [-0.3, -0.25) is 4.79 Å². The van der Waals surface area contributed by atoms with Crippen molar-refractivity contribution in [3.05, 3.63) is 60.5 Å². The molecule has 0 saturated carbocycles. The number of hydrogen-bond donors (Lipinski definition) is 1. The van der Waals surface area contributed by atoms with Gasteiger partial charge in [0.2, 0.25) is 12.3 Å². The molecule has 110 valence electrons. The fourth-order valence-corrected chi connectivity index (χ4v) is 2.43. The van der Waals surface area contributed by atoms with Crippen molar-refractivity contribution in [1.82, 2.24) is 10.2 Å². The van der Waals surface area contributed by atoms with E-state index in [1.54, 1.807) is 36.0 Å². The molecule has 3 rings (SSSR count). The highest BCUT2D eigenvalue weighted by molar-refractivity contribution is 7.98. The van der Waals surface area contributed by atoms with Crippen molar-refractivity contribution in [2.45, 2.75) is 4.90 Å². The van der Waals surface area contributed by atoms with Crippen molar-refractivity contribution in [3.8, 4) is 11.5 Å². The van der Waals surface area contributed by atoms with Gasteiger partial charge in [0.15, 0.2) is 0 Å². The molecule has 1 aromatic heterocycles. The molecule has 0 aliphatic rings. The maximum Gasteiger partial charge on any atom is 0.255 e. The number of rotatable bonds is 4. The summed E-state index contributed by atoms with van der Waals surface area (Å²) in [6.07, 6.45) is 3.27. The van der Waals surface area contributed by atoms with Gasteiger partial charge in [-0.05, 0) is 48.7 Å². The highest BCUT2D eigenvalue weighted by Gasteiger charge is 2.08. The van der Waals surface area contributed by atoms with Gasteiger partial charge in [-0.25, -0.2) is 0 Å². The first kappa shape index (κ1) is 14.3. The van der Waals surface area contributed by atoms with Gasteiger partial charge in [-0.2, -0.15) is 0 Å². The molecule has 1 amide bonds. The maximum absolute atomic E-state index is 12.2. The molecule has 1 N–H and O–H groups in total. The Hall–Kier alpha value is -2.60. The number of carbonyl (C=O) groups is 1. The van der Waals surface area contributed by atoms with Crippen molar-refractivity contribution >= 4 is 23.4 Å². The minimum absolute atomic E-state index is 0.157. The minimum Gasteiger partial charge on any atom is -0.423 e. The zero-order valence-electron chi connectivity index (χ0n) is 11.8. The van der Waals surface area contributed by atoms with E-state index in [0.29, 0.717) is 11.5 Å². The number of aromatic nitrogens is 2. The van der Waals surface area contributed by atoms with E-state index >= 15 is 0 Å². The lowest BCUT2D eigenvalue weighted by Gasteiger charge is -2.07. The Kier molecular flexibility index (Phi) is 4.20. The van der Waals surface area contributed by atoms with E-state index < -0.39 is 0 Å². The van der Waals surface area contributed by atoms with E-state index in [0.717, 1.165) is 16.1 Å². The van der Waals surface area contributed by atoms with Gasteiger partial charge >= 0.3 is 0 Å². The topological polar surface area (TPSA) is 68.0 Å². The summed E-state index contributed by atoms with van der Waals surface area (Å²) < 4.78 is 5.12. The number of hydrogen-bond acceptors (Lipinski definition) is 5. The van der Waals surface area contributed by atoms with E-state index in [1.807, 2.05) is 30.5 Å². The number of thioether (sulfide) groups is 1. The van der Waals surface area contributed by atoms with Crippen molar-refractivity contribution in [3.63, 3.8) is 0 Å². The van der Waals surface area contributed by atoms with Crippen molar-refractivity contribution in [2.75, 3.05) is 11.6 Å². The predicted octanol–water partition coefficient (Wildman–Crippen LogP) is 3.71. The van der Waals surface area contributed by atoms with Crippen LogP contribution in [0.1, 0.15) is 10.4 Å². The Morgan fingerprint density at radius 2 is 2.00 bits per heavy atom. The van der Waals surface area contributed by atoms with Gasteiger partial charge in [0, 0.05) is 21.7 Å². The molecular formula is C16H13N3O2S. The van der Waals surface area contributed by atoms with Crippen molar-refractivity contribution in [1.29, 1.82) is 0 Å². The molecule has 0 bridgehead atoms. The first-order valence-electron chi connectivity index (χ1n) is 6.58. The molecule has 0 atom stereocenters. The van der Waals surface area contributed by atoms with Crippen LogP contribution in [-0.4, -0.2) is 22.4 Å². The number of anilines is 1. The summed E-state index contributed by atoms with van der Waals surface area (Å²) in [6.45, 7) is 0. The van der Waals surface area contributed by atoms with Gasteiger partial charge in [0.05, 0.1) is 0 Å². The summed E-state index contributed by atoms with van der Waals surface area (Å²) in [5.74, 6) is 0.273. The molecule has 0 radical (unpaired) electrons. The fraction of sp³-hybridized carbons (Fsp3) is 0.0625. The molecule has 3 aromatic rings. The van der Waals surface area contributed by atoms with Gasteiger partial charge < -0.3 is 9.73 Å². The SMILES string of the molecule is CSc1cccc(NC(=O)c2ccc(-c3nnco3)cc2)c1. The highest BCUT2D eigenvalue weighted by Crippen LogP contribution is 2.20. The molecule has 0 unspecified atom stereocenters. The molecule has 0 fully saturated rings. The summed E-state index contributed by atoms with van der Waals surface area (Å²) in [5.41, 5.74) is 2.12. The number of benzene rings is 2. The number of nitrogens with zero attached hydrogens (tertiary/aromatic N) is 2. The van der Waals surface area contributed by atoms with E-state index in [1.165, 1.54) is 6.39 Å². The maximum atomic E-state index is 12.2. The van der Waals surface area contributed by atoms with Gasteiger partial charge in [-0.1, -0.05) is 6.07 Å². The van der Waals surface area contributed by atoms with Gasteiger partial charge in [-0.15, -0.1) is 22.0 Å². The smallest absolute Gasteiger partial charge is 0.255 e. The molecule has 0 spiro atoms. The van der Waals surface area contributed by atoms with E-state index in [4.69, 9.17) is 4.42 Å². The second kappa shape index (κ2) is 6.44. The third-order valence-corrected chi connectivity index (χ3v) is 3.81. The normalized spacial score (nSPS) is 10.4. The molecular weight excluding hydrogens is 298 g/mol. The standard InChI is InChI=1S/C16H13N3O2S/c1-22-14-4-2-3-13(9-14)18-15(20)11-5-7-12(8-6-11)16-19-17-10-21-16/h2-10H,1H3,(H,18,20). The lowest BCUT2D eigenvalue weighted by Crippen LogP contribution is -2.11. The highest BCUT2D eigenvalue weighted by atomic mass is 32.2. The Bertz CT molecular complexity index is 770. The Labute approximate surface area is 131 Å². The van der Waals surface area contributed by atoms with Gasteiger partial charge in [0.1, 0.15) is 0 Å². The van der Waals surface area contributed by atoms with Gasteiger partial charge in [0.25, 0.3) is 5.91 Å². The Morgan fingerprint density at radius 1 is 1.18 bits per heavy atom. The molecule has 0 aliphatic heterocycles. The van der Waals surface area contributed by atoms with Crippen LogP contribution in [0.5, 0.6) is 0 Å². The quantitative estimate of drug-likeness (QED) is 0.744. The third kappa shape index (κ3) is 3.17. The summed E-state index contributed by atoms with van der Waals surface area (Å²) >= 11 is 1.63. The number of nitrogens with one attached hydrogen (secondary N) is 1. The average molecular weight is 311 g/mol. The van der Waals surface area contributed by atoms with Crippen molar-refractivity contribution in [2.24, 2.45) is 0 Å². The van der Waals surface area contributed by atoms with Crippen LogP contribution in [0.2, 0.25) is 0 Å². The first-order chi connectivity index (χ1) is 10.8. The Morgan fingerprint density at radius 3 is 2.68 bits per heavy atom. The average Bonchev–Trinajstić information content (AvgIpc) is 3.09. The lowest BCUT2D eigenvalue weighted by molar-refractivity contribution is 0.102. The van der Waals surface area contributed by atoms with E-state index in [-0.39, 0.29) is 5.91 Å². The second-order valence-electron chi connectivity index (χ2n) is 4.51. The summed E-state index contributed by atoms with van der Waals surface area (Å²) in [6, 6.07) is 14.7. The van der Waals surface area contributed by atoms with Crippen LogP contribution in [0, 0.1) is 0 Å². The second-order valence-corrected chi connectivity index (χ2v) is 5.39. The Balaban J connectivity index is 1.74. The van der Waals surface area contributed by atoms with Crippen LogP contribution in [0.25, 0.3) is 11.5 Å². The van der Waals surface area contributed by atoms with Crippen LogP contribution in [0.3, 0.4) is 0 Å². The third-order valence-electron chi connectivity index (χ3n) is 3.08. The van der Waals surface area contributed by atoms with Crippen LogP contribution < -0.4 is 5.32 Å². The molecule has 0 saturated heterocycles. The molecule has 0 aliphatic carbocycles. The first-order valence-corrected chi connectivity index (χ1v) is 7.81. The number of carbonyl (C=O) groups excluding carboxylic acids is 1. The summed E-state index contributed by atoms with van der Waals surface area (Å²) in [4.78, 5) is 13.3. The molecule has 1 heterocycles. The summed E-state index contributed by atoms with van der Waals surface area (Å²) in [7, 11) is 0. The largest absolute Gasteiger partial charge is 0.423 e. The van der Waals surface area contributed by atoms with Crippen LogP contribution in [-0.2, 0) is 0 Å². The fourth-order valence-electron chi connectivity index (χ4n) is 1.97. The molecule has 22 heavy (non-hydrogen) atoms. The van der Waals surface area contributed by atoms with Crippen LogP contribution >= 0.6 is 11.8 Å². The zero-order chi connectivity index (χ0) is 15.4. The van der Waals surface area contributed by atoms with E-state index in [2.05, 4.69) is 15.5 Å². The molecule has 2 aromatic carbocycles. The van der Waals surface area contributed by atoms with E-state index in [9.17, 15) is 4.79 Å². The number of amides is 1. The molecule has 5 nitrogen and oxygen atoms in total. The minimum atomic E-state index is -0.157. The van der Waals surface area contributed by atoms with Crippen LogP contribution in [0.4, 0.5) is 5.69 Å².